The summed E-state index contributed by atoms with van der Waals surface area (Å²) < 4.78 is 0. The molecule has 1 amide bonds. The zero-order chi connectivity index (χ0) is 10.7. The number of hydrogen-bond donors (Lipinski definition) is 0. The summed E-state index contributed by atoms with van der Waals surface area (Å²) in [6.07, 6.45) is 3.06. The molecular weight excluding hydrogens is 162 g/mol. The van der Waals surface area contributed by atoms with E-state index in [4.69, 9.17) is 0 Å². The monoisotopic (exact) mass is 187 g/mol. The molecule has 80 valence electrons. The van der Waals surface area contributed by atoms with Crippen LogP contribution in [-0.2, 0) is 4.79 Å². The lowest BCUT2D eigenvalue weighted by atomic mass is 10.1. The van der Waals surface area contributed by atoms with E-state index in [1.54, 1.807) is 0 Å². The molecule has 1 rings (SSSR count). The largest absolute Gasteiger partial charge is 0.343 e. The predicted molar refractivity (Wildman–Crippen MR) is 58.8 cm³/mol. The number of amides is 1. The molecule has 0 atom stereocenters. The van der Waals surface area contributed by atoms with E-state index in [-0.39, 0.29) is 0 Å². The molecule has 1 heterocycles. The highest BCUT2D eigenvalue weighted by Gasteiger charge is 2.14. The molecule has 1 aliphatic heterocycles. The lowest BCUT2D eigenvalue weighted by Gasteiger charge is -2.24. The van der Waals surface area contributed by atoms with Crippen LogP contribution in [0.1, 0.15) is 53.9 Å². The maximum absolute atomic E-state index is 11.0. The van der Waals surface area contributed by atoms with Crippen molar-refractivity contribution in [2.45, 2.75) is 53.9 Å². The Morgan fingerprint density at radius 3 is 2.00 bits per heavy atom. The van der Waals surface area contributed by atoms with Gasteiger partial charge in [-0.15, -0.1) is 0 Å². The summed E-state index contributed by atoms with van der Waals surface area (Å²) >= 11 is 0. The van der Waals surface area contributed by atoms with Gasteiger partial charge >= 0.3 is 0 Å². The Morgan fingerprint density at radius 2 is 1.69 bits per heavy atom. The molecule has 13 heavy (non-hydrogen) atoms. The summed E-state index contributed by atoms with van der Waals surface area (Å²) in [4.78, 5) is 12.9. The molecule has 0 radical (unpaired) electrons. The maximum Gasteiger partial charge on any atom is 0.222 e. The first kappa shape index (κ1) is 15.0. The van der Waals surface area contributed by atoms with Crippen LogP contribution in [0.25, 0.3) is 0 Å². The molecule has 2 nitrogen and oxygen atoms in total. The van der Waals surface area contributed by atoms with Crippen LogP contribution >= 0.6 is 0 Å². The Kier molecular flexibility index (Phi) is 13.2. The summed E-state index contributed by atoms with van der Waals surface area (Å²) in [5.74, 6) is 0.337. The van der Waals surface area contributed by atoms with Gasteiger partial charge in [0.2, 0.25) is 5.91 Å². The smallest absolute Gasteiger partial charge is 0.222 e. The topological polar surface area (TPSA) is 20.3 Å². The Bertz CT molecular complexity index is 113. The van der Waals surface area contributed by atoms with Crippen LogP contribution in [-0.4, -0.2) is 23.9 Å². The molecule has 0 N–H and O–H groups in total. The van der Waals surface area contributed by atoms with Crippen LogP contribution in [0, 0.1) is 0 Å². The van der Waals surface area contributed by atoms with Gasteiger partial charge in [-0.1, -0.05) is 27.7 Å². The zero-order valence-electron chi connectivity index (χ0n) is 9.89. The van der Waals surface area contributed by atoms with E-state index in [0.29, 0.717) is 5.91 Å². The molecule has 0 aromatic carbocycles. The summed E-state index contributed by atoms with van der Waals surface area (Å²) in [7, 11) is 0. The van der Waals surface area contributed by atoms with Crippen LogP contribution in [0.5, 0.6) is 0 Å². The molecule has 0 bridgehead atoms. The first-order chi connectivity index (χ1) is 6.34. The van der Waals surface area contributed by atoms with Crippen molar-refractivity contribution in [1.82, 2.24) is 4.90 Å². The van der Waals surface area contributed by atoms with E-state index < -0.39 is 0 Å². The molecule has 0 unspecified atom stereocenters. The number of rotatable bonds is 1. The second-order valence-electron chi connectivity index (χ2n) is 2.43. The van der Waals surface area contributed by atoms with Crippen molar-refractivity contribution in [2.24, 2.45) is 0 Å². The molecule has 0 aromatic heterocycles. The molecule has 0 aromatic rings. The van der Waals surface area contributed by atoms with Crippen molar-refractivity contribution < 1.29 is 4.79 Å². The summed E-state index contributed by atoms with van der Waals surface area (Å²) in [5, 5.41) is 0. The Balaban J connectivity index is 0. The average molecular weight is 187 g/mol. The number of nitrogens with zero attached hydrogens (tertiary/aromatic N) is 1. The Hall–Kier alpha value is -0.530. The van der Waals surface area contributed by atoms with Gasteiger partial charge in [-0.25, -0.2) is 0 Å². The highest BCUT2D eigenvalue weighted by molar-refractivity contribution is 5.76. The Morgan fingerprint density at radius 1 is 1.15 bits per heavy atom. The maximum atomic E-state index is 11.0. The third-order valence-electron chi connectivity index (χ3n) is 1.80. The van der Waals surface area contributed by atoms with E-state index >= 15 is 0 Å². The standard InChI is InChI=1S/C7H13NO.2C2H6/c1-2-8-6-4-3-5-7(8)9;2*1-2/h2-6H2,1H3;2*1-2H3. The quantitative estimate of drug-likeness (QED) is 0.618. The molecule has 1 fully saturated rings. The van der Waals surface area contributed by atoms with Gasteiger partial charge < -0.3 is 4.90 Å². The van der Waals surface area contributed by atoms with Crippen LogP contribution in [0.2, 0.25) is 0 Å². The molecule has 1 aliphatic rings. The van der Waals surface area contributed by atoms with Gasteiger partial charge in [0.1, 0.15) is 0 Å². The van der Waals surface area contributed by atoms with Crippen LogP contribution in [0.15, 0.2) is 0 Å². The molecule has 0 aliphatic carbocycles. The number of likely N-dealkylation sites (tertiary alicyclic amines) is 1. The number of piperidine rings is 1. The van der Waals surface area contributed by atoms with Crippen molar-refractivity contribution in [3.8, 4) is 0 Å². The minimum Gasteiger partial charge on any atom is -0.343 e. The van der Waals surface area contributed by atoms with Gasteiger partial charge in [-0.05, 0) is 19.8 Å². The minimum absolute atomic E-state index is 0.337. The first-order valence-electron chi connectivity index (χ1n) is 5.62. The normalized spacial score (nSPS) is 15.2. The highest BCUT2D eigenvalue weighted by atomic mass is 16.2. The highest BCUT2D eigenvalue weighted by Crippen LogP contribution is 2.08. The van der Waals surface area contributed by atoms with Crippen molar-refractivity contribution >= 4 is 5.91 Å². The second-order valence-corrected chi connectivity index (χ2v) is 2.43. The molecule has 0 saturated carbocycles. The van der Waals surface area contributed by atoms with Crippen LogP contribution in [0.4, 0.5) is 0 Å². The SMILES string of the molecule is CC.CC.CCN1CCCCC1=O. The van der Waals surface area contributed by atoms with Gasteiger partial charge in [0.15, 0.2) is 0 Å². The summed E-state index contributed by atoms with van der Waals surface area (Å²) in [6.45, 7) is 11.9. The van der Waals surface area contributed by atoms with Gasteiger partial charge in [-0.3, -0.25) is 4.79 Å². The summed E-state index contributed by atoms with van der Waals surface area (Å²) in [5.41, 5.74) is 0. The fourth-order valence-electron chi connectivity index (χ4n) is 1.20. The van der Waals surface area contributed by atoms with Crippen LogP contribution < -0.4 is 0 Å². The predicted octanol–water partition coefficient (Wildman–Crippen LogP) is 3.07. The summed E-state index contributed by atoms with van der Waals surface area (Å²) in [6, 6.07) is 0. The fraction of sp³-hybridized carbons (Fsp3) is 0.909. The van der Waals surface area contributed by atoms with E-state index in [1.165, 1.54) is 6.42 Å². The molecule has 2 heteroatoms. The van der Waals surface area contributed by atoms with Crippen LogP contribution in [0.3, 0.4) is 0 Å². The third kappa shape index (κ3) is 6.62. The van der Waals surface area contributed by atoms with E-state index in [9.17, 15) is 4.79 Å². The number of hydrogen-bond acceptors (Lipinski definition) is 1. The fourth-order valence-corrected chi connectivity index (χ4v) is 1.20. The van der Waals surface area contributed by atoms with Gasteiger partial charge in [0, 0.05) is 19.5 Å². The molecular formula is C11H25NO. The number of carbonyl (C=O) groups is 1. The number of carbonyl (C=O) groups excluding carboxylic acids is 1. The lowest BCUT2D eigenvalue weighted by Crippen LogP contribution is -2.34. The van der Waals surface area contributed by atoms with Crippen molar-refractivity contribution in [1.29, 1.82) is 0 Å². The Labute approximate surface area is 83.3 Å². The van der Waals surface area contributed by atoms with Crippen molar-refractivity contribution in [2.75, 3.05) is 13.1 Å². The van der Waals surface area contributed by atoms with Gasteiger partial charge in [0.25, 0.3) is 0 Å². The third-order valence-corrected chi connectivity index (χ3v) is 1.80. The lowest BCUT2D eigenvalue weighted by molar-refractivity contribution is -0.132. The van der Waals surface area contributed by atoms with Crippen molar-refractivity contribution in [3.05, 3.63) is 0 Å². The van der Waals surface area contributed by atoms with Gasteiger partial charge in [-0.2, -0.15) is 0 Å². The molecule has 0 spiro atoms. The van der Waals surface area contributed by atoms with E-state index in [2.05, 4.69) is 0 Å². The zero-order valence-corrected chi connectivity index (χ0v) is 9.89. The molecule has 1 saturated heterocycles. The van der Waals surface area contributed by atoms with Gasteiger partial charge in [0.05, 0.1) is 0 Å². The van der Waals surface area contributed by atoms with E-state index in [0.717, 1.165) is 25.9 Å². The van der Waals surface area contributed by atoms with Crippen molar-refractivity contribution in [3.63, 3.8) is 0 Å². The average Bonchev–Trinajstić information content (AvgIpc) is 2.24. The first-order valence-corrected chi connectivity index (χ1v) is 5.62. The second kappa shape index (κ2) is 11.5. The van der Waals surface area contributed by atoms with E-state index in [1.807, 2.05) is 39.5 Å². The minimum atomic E-state index is 0.337.